The van der Waals surface area contributed by atoms with Crippen molar-refractivity contribution in [3.63, 3.8) is 0 Å². The summed E-state index contributed by atoms with van der Waals surface area (Å²) in [4.78, 5) is 18.1. The fourth-order valence-corrected chi connectivity index (χ4v) is 5.54. The van der Waals surface area contributed by atoms with Gasteiger partial charge in [-0.3, -0.25) is 4.99 Å². The number of carbonyl (C=O) groups is 1. The first-order chi connectivity index (χ1) is 20.1. The summed E-state index contributed by atoms with van der Waals surface area (Å²) < 4.78 is 34.7. The molecule has 0 unspecified atom stereocenters. The number of aromatic nitrogens is 1. The minimum atomic E-state index is -0.806. The number of hydrogen-bond acceptors (Lipinski definition) is 10. The van der Waals surface area contributed by atoms with Crippen molar-refractivity contribution < 1.29 is 33.2 Å². The largest absolute Gasteiger partial charge is 0.514 e. The molecule has 4 rings (SSSR count). The van der Waals surface area contributed by atoms with E-state index in [1.165, 1.54) is 37.7 Å². The van der Waals surface area contributed by atoms with Crippen LogP contribution in [0, 0.1) is 0 Å². The second-order valence-electron chi connectivity index (χ2n) is 10.8. The normalized spacial score (nSPS) is 14.6. The van der Waals surface area contributed by atoms with Crippen LogP contribution in [-0.2, 0) is 4.74 Å². The molecule has 0 spiro atoms. The van der Waals surface area contributed by atoms with Crippen LogP contribution in [0.1, 0.15) is 58.4 Å². The molecule has 1 heterocycles. The van der Waals surface area contributed by atoms with Crippen molar-refractivity contribution in [2.45, 2.75) is 64.5 Å². The number of hydrogen-bond donors (Lipinski definition) is 0. The van der Waals surface area contributed by atoms with Crippen LogP contribution in [0.5, 0.6) is 28.7 Å². The van der Waals surface area contributed by atoms with Gasteiger partial charge in [0.1, 0.15) is 5.60 Å². The molecule has 42 heavy (non-hydrogen) atoms. The van der Waals surface area contributed by atoms with Crippen LogP contribution in [0.25, 0.3) is 11.3 Å². The Bertz CT molecular complexity index is 1460. The Morgan fingerprint density at radius 1 is 0.905 bits per heavy atom. The van der Waals surface area contributed by atoms with Gasteiger partial charge in [-0.05, 0) is 69.5 Å². The Hall–Kier alpha value is -3.99. The van der Waals surface area contributed by atoms with Gasteiger partial charge in [0.05, 0.1) is 46.4 Å². The molecule has 226 valence electrons. The Morgan fingerprint density at radius 3 is 2.17 bits per heavy atom. The molecule has 0 aliphatic heterocycles. The summed E-state index contributed by atoms with van der Waals surface area (Å²) in [5, 5.41) is 6.88. The second kappa shape index (κ2) is 13.8. The van der Waals surface area contributed by atoms with E-state index in [0.717, 1.165) is 34.5 Å². The highest BCUT2D eigenvalue weighted by atomic mass is 32.1. The van der Waals surface area contributed by atoms with Gasteiger partial charge in [0, 0.05) is 10.9 Å². The van der Waals surface area contributed by atoms with Crippen LogP contribution in [0.4, 0.5) is 4.79 Å². The molecule has 0 atom stereocenters. The van der Waals surface area contributed by atoms with Gasteiger partial charge in [-0.15, -0.1) is 11.3 Å². The van der Waals surface area contributed by atoms with Crippen molar-refractivity contribution in [1.82, 2.24) is 4.68 Å². The van der Waals surface area contributed by atoms with E-state index in [0.29, 0.717) is 23.0 Å². The molecule has 2 aromatic carbocycles. The summed E-state index contributed by atoms with van der Waals surface area (Å²) in [7, 11) is 6.27. The zero-order valence-corrected chi connectivity index (χ0v) is 26.1. The van der Waals surface area contributed by atoms with E-state index in [1.54, 1.807) is 66.5 Å². The zero-order valence-electron chi connectivity index (χ0n) is 25.3. The average molecular weight is 598 g/mol. The van der Waals surface area contributed by atoms with Gasteiger partial charge in [-0.2, -0.15) is 5.10 Å². The first-order valence-electron chi connectivity index (χ1n) is 13.8. The van der Waals surface area contributed by atoms with Gasteiger partial charge in [-0.1, -0.05) is 19.3 Å². The predicted octanol–water partition coefficient (Wildman–Crippen LogP) is 6.68. The van der Waals surface area contributed by atoms with E-state index >= 15 is 0 Å². The minimum Gasteiger partial charge on any atom is -0.493 e. The number of rotatable bonds is 9. The summed E-state index contributed by atoms with van der Waals surface area (Å²) in [6.07, 6.45) is 6.66. The molecule has 1 aliphatic rings. The molecule has 1 aliphatic carbocycles. The third-order valence-electron chi connectivity index (χ3n) is 6.61. The number of benzene rings is 2. The fraction of sp³-hybridized carbons (Fsp3) is 0.452. The SMILES string of the molecule is COc1cc(C=Nn2c(-c3cc(OC)c(OC)c(OC)c3)csc2=NC2CCCCC2)ccc1OC(=O)OC(C)(C)C. The van der Waals surface area contributed by atoms with Crippen molar-refractivity contribution >= 4 is 23.7 Å². The molecule has 0 saturated heterocycles. The lowest BCUT2D eigenvalue weighted by Gasteiger charge is -2.19. The van der Waals surface area contributed by atoms with Crippen LogP contribution in [0.2, 0.25) is 0 Å². The van der Waals surface area contributed by atoms with Crippen LogP contribution in [0.3, 0.4) is 0 Å². The fourth-order valence-electron chi connectivity index (χ4n) is 4.63. The van der Waals surface area contributed by atoms with E-state index < -0.39 is 11.8 Å². The third-order valence-corrected chi connectivity index (χ3v) is 7.44. The van der Waals surface area contributed by atoms with Crippen LogP contribution in [-0.4, -0.2) is 57.1 Å². The molecule has 11 heteroatoms. The second-order valence-corrected chi connectivity index (χ2v) is 11.6. The van der Waals surface area contributed by atoms with Gasteiger partial charge in [-0.25, -0.2) is 9.47 Å². The first kappa shape index (κ1) is 31.0. The molecule has 3 aromatic rings. The lowest BCUT2D eigenvalue weighted by molar-refractivity contribution is 0.0201. The molecule has 0 amide bonds. The summed E-state index contributed by atoms with van der Waals surface area (Å²) in [5.74, 6) is 2.23. The number of methoxy groups -OCH3 is 4. The van der Waals surface area contributed by atoms with Crippen molar-refractivity contribution in [2.75, 3.05) is 28.4 Å². The highest BCUT2D eigenvalue weighted by Crippen LogP contribution is 2.41. The molecule has 1 fully saturated rings. The lowest BCUT2D eigenvalue weighted by Crippen LogP contribution is -2.26. The molecular weight excluding hydrogens is 558 g/mol. The number of ether oxygens (including phenoxy) is 6. The zero-order chi connectivity index (χ0) is 30.3. The van der Waals surface area contributed by atoms with Gasteiger partial charge in [0.15, 0.2) is 23.0 Å². The topological polar surface area (TPSA) is 102 Å². The van der Waals surface area contributed by atoms with Crippen molar-refractivity contribution in [3.8, 4) is 40.0 Å². The Labute approximate surface area is 250 Å². The number of carbonyl (C=O) groups excluding carboxylic acids is 1. The molecule has 0 radical (unpaired) electrons. The van der Waals surface area contributed by atoms with Gasteiger partial charge in [0.25, 0.3) is 0 Å². The van der Waals surface area contributed by atoms with Crippen LogP contribution < -0.4 is 28.5 Å². The Balaban J connectivity index is 1.74. The van der Waals surface area contributed by atoms with Gasteiger partial charge < -0.3 is 28.4 Å². The summed E-state index contributed by atoms with van der Waals surface area (Å²) in [6, 6.07) is 9.23. The predicted molar refractivity (Wildman–Crippen MR) is 163 cm³/mol. The van der Waals surface area contributed by atoms with E-state index in [1.807, 2.05) is 22.2 Å². The monoisotopic (exact) mass is 597 g/mol. The maximum Gasteiger partial charge on any atom is 0.514 e. The summed E-state index contributed by atoms with van der Waals surface area (Å²) in [5.41, 5.74) is 1.72. The van der Waals surface area contributed by atoms with E-state index in [-0.39, 0.29) is 11.8 Å². The molecule has 1 aromatic heterocycles. The van der Waals surface area contributed by atoms with E-state index in [4.69, 9.17) is 38.5 Å². The Morgan fingerprint density at radius 2 is 1.57 bits per heavy atom. The first-order valence-corrected chi connectivity index (χ1v) is 14.7. The summed E-state index contributed by atoms with van der Waals surface area (Å²) >= 11 is 1.53. The van der Waals surface area contributed by atoms with Crippen molar-refractivity contribution in [2.24, 2.45) is 10.1 Å². The minimum absolute atomic E-state index is 0.248. The molecule has 1 saturated carbocycles. The highest BCUT2D eigenvalue weighted by molar-refractivity contribution is 7.07. The van der Waals surface area contributed by atoms with Crippen molar-refractivity contribution in [3.05, 3.63) is 46.1 Å². The number of thiazole rings is 1. The molecule has 0 bridgehead atoms. The van der Waals surface area contributed by atoms with Crippen molar-refractivity contribution in [1.29, 1.82) is 0 Å². The third kappa shape index (κ3) is 7.64. The highest BCUT2D eigenvalue weighted by Gasteiger charge is 2.21. The van der Waals surface area contributed by atoms with E-state index in [9.17, 15) is 4.79 Å². The standard InChI is InChI=1S/C31H39N3O7S/c1-31(2,3)41-30(35)40-24-14-13-20(15-25(24)36-4)18-32-34-23(19-42-29(34)33-22-11-9-8-10-12-22)21-16-26(37-5)28(39-7)27(17-21)38-6/h13-19,22H,8-12H2,1-7H3. The quantitative estimate of drug-likeness (QED) is 0.154. The van der Waals surface area contributed by atoms with Gasteiger partial charge >= 0.3 is 6.16 Å². The molecule has 0 N–H and O–H groups in total. The summed E-state index contributed by atoms with van der Waals surface area (Å²) in [6.45, 7) is 5.32. The van der Waals surface area contributed by atoms with Gasteiger partial charge in [0.2, 0.25) is 10.6 Å². The smallest absolute Gasteiger partial charge is 0.493 e. The maximum atomic E-state index is 12.2. The van der Waals surface area contributed by atoms with Crippen LogP contribution in [0.15, 0.2) is 45.8 Å². The molecular formula is C31H39N3O7S. The lowest BCUT2D eigenvalue weighted by atomic mass is 9.96. The Kier molecular flexibility index (Phi) is 10.2. The van der Waals surface area contributed by atoms with Crippen LogP contribution >= 0.6 is 11.3 Å². The van der Waals surface area contributed by atoms with E-state index in [2.05, 4.69) is 0 Å². The number of nitrogens with zero attached hydrogens (tertiary/aromatic N) is 3. The maximum absolute atomic E-state index is 12.2. The molecule has 10 nitrogen and oxygen atoms in total. The average Bonchev–Trinajstić information content (AvgIpc) is 3.37.